The van der Waals surface area contributed by atoms with E-state index in [1.54, 1.807) is 17.8 Å². The molecular formula is C14H17N3O2S. The van der Waals surface area contributed by atoms with Gasteiger partial charge in [-0.25, -0.2) is 4.52 Å². The van der Waals surface area contributed by atoms with Crippen LogP contribution in [0, 0.1) is 0 Å². The van der Waals surface area contributed by atoms with Gasteiger partial charge in [-0.2, -0.15) is 16.9 Å². The van der Waals surface area contributed by atoms with Gasteiger partial charge in [0.15, 0.2) is 0 Å². The van der Waals surface area contributed by atoms with Crippen molar-refractivity contribution in [2.24, 2.45) is 0 Å². The van der Waals surface area contributed by atoms with Crippen molar-refractivity contribution in [3.63, 3.8) is 0 Å². The first-order chi connectivity index (χ1) is 9.79. The molecule has 2 aromatic rings. The zero-order valence-electron chi connectivity index (χ0n) is 11.3. The molecule has 1 fully saturated rings. The van der Waals surface area contributed by atoms with Gasteiger partial charge in [-0.3, -0.25) is 4.79 Å². The molecule has 106 valence electrons. The number of rotatable bonds is 3. The molecule has 5 nitrogen and oxygen atoms in total. The average Bonchev–Trinajstić information content (AvgIpc) is 2.92. The number of methoxy groups -OCH3 is 1. The number of hydrogen-bond acceptors (Lipinski definition) is 4. The van der Waals surface area contributed by atoms with Gasteiger partial charge in [0, 0.05) is 18.0 Å². The topological polar surface area (TPSA) is 55.6 Å². The molecule has 0 spiro atoms. The highest BCUT2D eigenvalue weighted by molar-refractivity contribution is 7.99. The standard InChI is InChI=1S/C14H17N3O2S/c1-19-12-5-2-6-17-13(12)11(8-15-17)14(18)16-10-4-3-7-20-9-10/h2,5-6,8,10H,3-4,7,9H2,1H3,(H,16,18). The number of fused-ring (bicyclic) bond motifs is 1. The van der Waals surface area contributed by atoms with E-state index in [0.29, 0.717) is 11.3 Å². The van der Waals surface area contributed by atoms with Gasteiger partial charge < -0.3 is 10.1 Å². The van der Waals surface area contributed by atoms with Crippen molar-refractivity contribution in [1.82, 2.24) is 14.9 Å². The number of ether oxygens (including phenoxy) is 1. The first-order valence-corrected chi connectivity index (χ1v) is 7.84. The normalized spacial score (nSPS) is 18.9. The molecule has 20 heavy (non-hydrogen) atoms. The fourth-order valence-electron chi connectivity index (χ4n) is 2.46. The Hall–Kier alpha value is -1.69. The molecule has 1 aliphatic heterocycles. The summed E-state index contributed by atoms with van der Waals surface area (Å²) in [6.07, 6.45) is 5.62. The third-order valence-electron chi connectivity index (χ3n) is 3.46. The second-order valence-corrected chi connectivity index (χ2v) is 5.97. The minimum absolute atomic E-state index is 0.0722. The fourth-order valence-corrected chi connectivity index (χ4v) is 3.53. The third-order valence-corrected chi connectivity index (χ3v) is 4.68. The van der Waals surface area contributed by atoms with Crippen LogP contribution in [0.25, 0.3) is 5.52 Å². The van der Waals surface area contributed by atoms with Crippen molar-refractivity contribution < 1.29 is 9.53 Å². The van der Waals surface area contributed by atoms with Crippen LogP contribution in [0.5, 0.6) is 5.75 Å². The Labute approximate surface area is 121 Å². The highest BCUT2D eigenvalue weighted by Crippen LogP contribution is 2.23. The van der Waals surface area contributed by atoms with E-state index >= 15 is 0 Å². The number of carbonyl (C=O) groups is 1. The highest BCUT2D eigenvalue weighted by Gasteiger charge is 2.20. The van der Waals surface area contributed by atoms with E-state index < -0.39 is 0 Å². The van der Waals surface area contributed by atoms with Gasteiger partial charge in [-0.1, -0.05) is 0 Å². The van der Waals surface area contributed by atoms with Crippen LogP contribution < -0.4 is 10.1 Å². The van der Waals surface area contributed by atoms with Crippen molar-refractivity contribution in [3.05, 3.63) is 30.1 Å². The van der Waals surface area contributed by atoms with E-state index in [2.05, 4.69) is 10.4 Å². The van der Waals surface area contributed by atoms with Crippen LogP contribution >= 0.6 is 11.8 Å². The lowest BCUT2D eigenvalue weighted by molar-refractivity contribution is 0.0940. The van der Waals surface area contributed by atoms with E-state index in [-0.39, 0.29) is 11.9 Å². The van der Waals surface area contributed by atoms with Gasteiger partial charge in [0.05, 0.1) is 18.9 Å². The van der Waals surface area contributed by atoms with Crippen LogP contribution in [0.2, 0.25) is 0 Å². The highest BCUT2D eigenvalue weighted by atomic mass is 32.2. The largest absolute Gasteiger partial charge is 0.494 e. The lowest BCUT2D eigenvalue weighted by Crippen LogP contribution is -2.38. The van der Waals surface area contributed by atoms with E-state index in [1.165, 1.54) is 5.75 Å². The lowest BCUT2D eigenvalue weighted by atomic mass is 10.1. The van der Waals surface area contributed by atoms with Gasteiger partial charge in [-0.05, 0) is 30.7 Å². The summed E-state index contributed by atoms with van der Waals surface area (Å²) < 4.78 is 6.99. The molecule has 0 saturated carbocycles. The Morgan fingerprint density at radius 1 is 1.60 bits per heavy atom. The van der Waals surface area contributed by atoms with Gasteiger partial charge >= 0.3 is 0 Å². The Balaban J connectivity index is 1.87. The summed E-state index contributed by atoms with van der Waals surface area (Å²) in [5.74, 6) is 2.77. The quantitative estimate of drug-likeness (QED) is 0.939. The SMILES string of the molecule is COc1cccn2ncc(C(=O)NC3CCCSC3)c12. The van der Waals surface area contributed by atoms with Crippen molar-refractivity contribution in [3.8, 4) is 5.75 Å². The second-order valence-electron chi connectivity index (χ2n) is 4.82. The third kappa shape index (κ3) is 2.47. The number of hydrogen-bond donors (Lipinski definition) is 1. The molecule has 1 saturated heterocycles. The second kappa shape index (κ2) is 5.75. The van der Waals surface area contributed by atoms with Crippen molar-refractivity contribution in [2.45, 2.75) is 18.9 Å². The Kier molecular flexibility index (Phi) is 3.82. The van der Waals surface area contributed by atoms with Crippen LogP contribution in [-0.4, -0.2) is 40.2 Å². The molecule has 0 aromatic carbocycles. The number of thioether (sulfide) groups is 1. The van der Waals surface area contributed by atoms with E-state index in [0.717, 1.165) is 24.1 Å². The smallest absolute Gasteiger partial charge is 0.255 e. The Morgan fingerprint density at radius 3 is 3.25 bits per heavy atom. The summed E-state index contributed by atoms with van der Waals surface area (Å²) in [6.45, 7) is 0. The minimum atomic E-state index is -0.0722. The van der Waals surface area contributed by atoms with Crippen LogP contribution in [0.3, 0.4) is 0 Å². The fraction of sp³-hybridized carbons (Fsp3) is 0.429. The first-order valence-electron chi connectivity index (χ1n) is 6.68. The molecule has 1 aliphatic rings. The molecule has 3 heterocycles. The summed E-state index contributed by atoms with van der Waals surface area (Å²) in [5, 5.41) is 7.31. The van der Waals surface area contributed by atoms with Crippen LogP contribution in [-0.2, 0) is 0 Å². The molecule has 6 heteroatoms. The summed E-state index contributed by atoms with van der Waals surface area (Å²) in [4.78, 5) is 12.4. The van der Waals surface area contributed by atoms with Gasteiger partial charge in [0.1, 0.15) is 11.3 Å². The molecule has 0 bridgehead atoms. The van der Waals surface area contributed by atoms with Gasteiger partial charge in [-0.15, -0.1) is 0 Å². The molecule has 3 rings (SSSR count). The summed E-state index contributed by atoms with van der Waals surface area (Å²) in [5.41, 5.74) is 1.29. The first kappa shape index (κ1) is 13.3. The monoisotopic (exact) mass is 291 g/mol. The maximum absolute atomic E-state index is 12.4. The van der Waals surface area contributed by atoms with Crippen molar-refractivity contribution >= 4 is 23.2 Å². The lowest BCUT2D eigenvalue weighted by Gasteiger charge is -2.22. The Bertz CT molecular complexity index is 620. The molecule has 0 radical (unpaired) electrons. The zero-order chi connectivity index (χ0) is 13.9. The van der Waals surface area contributed by atoms with E-state index in [4.69, 9.17) is 4.74 Å². The molecule has 2 aromatic heterocycles. The number of aromatic nitrogens is 2. The maximum Gasteiger partial charge on any atom is 0.255 e. The van der Waals surface area contributed by atoms with Gasteiger partial charge in [0.25, 0.3) is 5.91 Å². The molecule has 0 aliphatic carbocycles. The predicted octanol–water partition coefficient (Wildman–Crippen LogP) is 1.97. The summed E-state index contributed by atoms with van der Waals surface area (Å²) in [6, 6.07) is 3.94. The van der Waals surface area contributed by atoms with Crippen molar-refractivity contribution in [1.29, 1.82) is 0 Å². The van der Waals surface area contributed by atoms with Crippen LogP contribution in [0.15, 0.2) is 24.5 Å². The molecular weight excluding hydrogens is 274 g/mol. The number of amides is 1. The Morgan fingerprint density at radius 2 is 2.50 bits per heavy atom. The minimum Gasteiger partial charge on any atom is -0.494 e. The molecule has 1 atom stereocenters. The van der Waals surface area contributed by atoms with Crippen LogP contribution in [0.1, 0.15) is 23.2 Å². The summed E-state index contributed by atoms with van der Waals surface area (Å²) in [7, 11) is 1.60. The zero-order valence-corrected chi connectivity index (χ0v) is 12.2. The van der Waals surface area contributed by atoms with Crippen molar-refractivity contribution in [2.75, 3.05) is 18.6 Å². The van der Waals surface area contributed by atoms with Gasteiger partial charge in [0.2, 0.25) is 0 Å². The predicted molar refractivity (Wildman–Crippen MR) is 79.6 cm³/mol. The number of carbonyl (C=O) groups excluding carboxylic acids is 1. The maximum atomic E-state index is 12.4. The van der Waals surface area contributed by atoms with E-state index in [1.807, 2.05) is 30.1 Å². The number of nitrogens with one attached hydrogen (secondary N) is 1. The average molecular weight is 291 g/mol. The molecule has 1 N–H and O–H groups in total. The number of pyridine rings is 1. The summed E-state index contributed by atoms with van der Waals surface area (Å²) >= 11 is 1.89. The number of nitrogens with zero attached hydrogens (tertiary/aromatic N) is 2. The molecule has 1 amide bonds. The van der Waals surface area contributed by atoms with Crippen LogP contribution in [0.4, 0.5) is 0 Å². The van der Waals surface area contributed by atoms with E-state index in [9.17, 15) is 4.79 Å². The molecule has 1 unspecified atom stereocenters.